The summed E-state index contributed by atoms with van der Waals surface area (Å²) in [4.78, 5) is 34.2. The second-order valence-corrected chi connectivity index (χ2v) is 5.58. The maximum Gasteiger partial charge on any atom is 0.325 e. The van der Waals surface area contributed by atoms with Gasteiger partial charge in [-0.15, -0.1) is 0 Å². The Bertz CT molecular complexity index is 701. The number of hydrogen-bond donors (Lipinski definition) is 2. The Kier molecular flexibility index (Phi) is 3.74. The van der Waals surface area contributed by atoms with E-state index in [9.17, 15) is 9.59 Å². The molecule has 1 fully saturated rings. The van der Waals surface area contributed by atoms with E-state index in [-0.39, 0.29) is 5.56 Å². The number of nitrogens with one attached hydrogen (secondary N) is 2. The van der Waals surface area contributed by atoms with Crippen LogP contribution in [0.4, 0.5) is 0 Å². The van der Waals surface area contributed by atoms with Crippen LogP contribution in [0.25, 0.3) is 0 Å². The number of imidazole rings is 1. The number of H-pyrrole nitrogens is 2. The lowest BCUT2D eigenvalue weighted by atomic mass is 9.97. The van der Waals surface area contributed by atoms with Gasteiger partial charge >= 0.3 is 5.69 Å². The first-order valence-electron chi connectivity index (χ1n) is 7.14. The van der Waals surface area contributed by atoms with Crippen LogP contribution in [0, 0.1) is 0 Å². The van der Waals surface area contributed by atoms with E-state index >= 15 is 0 Å². The van der Waals surface area contributed by atoms with Gasteiger partial charge in [0.2, 0.25) is 0 Å². The highest BCUT2D eigenvalue weighted by atomic mass is 16.2. The highest BCUT2D eigenvalue weighted by Gasteiger charge is 2.24. The number of rotatable bonds is 3. The van der Waals surface area contributed by atoms with Gasteiger partial charge in [0.15, 0.2) is 0 Å². The van der Waals surface area contributed by atoms with Gasteiger partial charge in [-0.1, -0.05) is 0 Å². The Balaban J connectivity index is 1.73. The third-order valence-electron chi connectivity index (χ3n) is 3.94. The molecule has 3 rings (SSSR count). The first kappa shape index (κ1) is 13.8. The third kappa shape index (κ3) is 3.13. The normalized spacial score (nSPS) is 19.8. The zero-order valence-electron chi connectivity index (χ0n) is 12.0. The standard InChI is InChI=1S/C14H19N5O2/c1-18-6-4-15-13(18)10-3-2-5-19(8-10)9-11-7-12(20)17-14(21)16-11/h4,6-7,10H,2-3,5,8-9H2,1H3,(H2,16,17,20,21)/t10-/m0/s1. The van der Waals surface area contributed by atoms with Gasteiger partial charge in [-0.05, 0) is 19.4 Å². The van der Waals surface area contributed by atoms with Crippen LogP contribution in [0.15, 0.2) is 28.0 Å². The maximum absolute atomic E-state index is 11.3. The summed E-state index contributed by atoms with van der Waals surface area (Å²) in [6, 6.07) is 1.45. The lowest BCUT2D eigenvalue weighted by Crippen LogP contribution is -2.36. The van der Waals surface area contributed by atoms with Gasteiger partial charge in [0.1, 0.15) is 5.82 Å². The molecule has 0 aliphatic carbocycles. The van der Waals surface area contributed by atoms with Crippen molar-refractivity contribution in [2.45, 2.75) is 25.3 Å². The Labute approximate surface area is 121 Å². The van der Waals surface area contributed by atoms with Gasteiger partial charge in [-0.2, -0.15) is 0 Å². The highest BCUT2D eigenvalue weighted by molar-refractivity contribution is 5.04. The van der Waals surface area contributed by atoms with Crippen molar-refractivity contribution in [1.82, 2.24) is 24.4 Å². The number of piperidine rings is 1. The molecule has 0 unspecified atom stereocenters. The Hall–Kier alpha value is -2.15. The number of hydrogen-bond acceptors (Lipinski definition) is 4. The zero-order valence-corrected chi connectivity index (χ0v) is 12.0. The van der Waals surface area contributed by atoms with Gasteiger partial charge in [-0.25, -0.2) is 9.78 Å². The molecule has 0 spiro atoms. The molecule has 7 heteroatoms. The van der Waals surface area contributed by atoms with Crippen molar-refractivity contribution in [1.29, 1.82) is 0 Å². The molecule has 2 N–H and O–H groups in total. The van der Waals surface area contributed by atoms with Crippen LogP contribution in [0.2, 0.25) is 0 Å². The van der Waals surface area contributed by atoms with Gasteiger partial charge in [0.05, 0.1) is 0 Å². The van der Waals surface area contributed by atoms with Gasteiger partial charge in [0, 0.05) is 50.2 Å². The molecule has 7 nitrogen and oxygen atoms in total. The van der Waals surface area contributed by atoms with Gasteiger partial charge in [-0.3, -0.25) is 14.7 Å². The number of nitrogens with zero attached hydrogens (tertiary/aromatic N) is 3. The molecule has 1 aliphatic heterocycles. The quantitative estimate of drug-likeness (QED) is 0.843. The second-order valence-electron chi connectivity index (χ2n) is 5.58. The first-order chi connectivity index (χ1) is 10.1. The van der Waals surface area contributed by atoms with Crippen LogP contribution < -0.4 is 11.2 Å². The van der Waals surface area contributed by atoms with E-state index in [2.05, 4.69) is 24.4 Å². The summed E-state index contributed by atoms with van der Waals surface area (Å²) in [5.74, 6) is 1.49. The summed E-state index contributed by atoms with van der Waals surface area (Å²) in [5, 5.41) is 0. The average molecular weight is 289 g/mol. The van der Waals surface area contributed by atoms with Gasteiger partial charge in [0.25, 0.3) is 5.56 Å². The largest absolute Gasteiger partial charge is 0.338 e. The minimum atomic E-state index is -0.449. The van der Waals surface area contributed by atoms with Crippen LogP contribution in [0.1, 0.15) is 30.3 Å². The molecular formula is C14H19N5O2. The molecule has 1 aliphatic rings. The fourth-order valence-electron chi connectivity index (χ4n) is 3.03. The van der Waals surface area contributed by atoms with Crippen LogP contribution in [0.5, 0.6) is 0 Å². The Morgan fingerprint density at radius 3 is 2.95 bits per heavy atom. The highest BCUT2D eigenvalue weighted by Crippen LogP contribution is 2.25. The molecule has 0 saturated carbocycles. The number of aromatic amines is 2. The summed E-state index contributed by atoms with van der Waals surface area (Å²) >= 11 is 0. The summed E-state index contributed by atoms with van der Waals surface area (Å²) in [5.41, 5.74) is -0.147. The van der Waals surface area contributed by atoms with Gasteiger partial charge < -0.3 is 9.55 Å². The van der Waals surface area contributed by atoms with Crippen molar-refractivity contribution in [3.63, 3.8) is 0 Å². The molecule has 0 bridgehead atoms. The molecule has 112 valence electrons. The van der Waals surface area contributed by atoms with Crippen molar-refractivity contribution in [3.8, 4) is 0 Å². The zero-order chi connectivity index (χ0) is 14.8. The third-order valence-corrected chi connectivity index (χ3v) is 3.94. The number of aromatic nitrogens is 4. The minimum Gasteiger partial charge on any atom is -0.338 e. The van der Waals surface area contributed by atoms with E-state index in [1.165, 1.54) is 6.07 Å². The molecule has 0 amide bonds. The molecule has 3 heterocycles. The Morgan fingerprint density at radius 1 is 1.38 bits per heavy atom. The lowest BCUT2D eigenvalue weighted by Gasteiger charge is -2.32. The first-order valence-corrected chi connectivity index (χ1v) is 7.14. The number of aryl methyl sites for hydroxylation is 1. The van der Waals surface area contributed by atoms with Crippen LogP contribution in [-0.2, 0) is 13.6 Å². The SMILES string of the molecule is Cn1ccnc1[C@H]1CCCN(Cc2cc(=O)[nH]c(=O)[nH]2)C1. The Morgan fingerprint density at radius 2 is 2.24 bits per heavy atom. The van der Waals surface area contributed by atoms with Crippen LogP contribution in [0.3, 0.4) is 0 Å². The molecule has 1 saturated heterocycles. The van der Waals surface area contributed by atoms with Crippen LogP contribution in [-0.4, -0.2) is 37.5 Å². The smallest absolute Gasteiger partial charge is 0.325 e. The maximum atomic E-state index is 11.3. The molecule has 0 aromatic carbocycles. The fourth-order valence-corrected chi connectivity index (χ4v) is 3.03. The van der Waals surface area contributed by atoms with Crippen molar-refractivity contribution >= 4 is 0 Å². The monoisotopic (exact) mass is 289 g/mol. The predicted octanol–water partition coefficient (Wildman–Crippen LogP) is 0.176. The molecule has 0 radical (unpaired) electrons. The van der Waals surface area contributed by atoms with E-state index < -0.39 is 5.69 Å². The van der Waals surface area contributed by atoms with Crippen molar-refractivity contribution < 1.29 is 0 Å². The minimum absolute atomic E-state index is 0.355. The topological polar surface area (TPSA) is 86.8 Å². The van der Waals surface area contributed by atoms with Crippen molar-refractivity contribution in [3.05, 3.63) is 50.8 Å². The predicted molar refractivity (Wildman–Crippen MR) is 78.1 cm³/mol. The van der Waals surface area contributed by atoms with E-state index in [1.807, 2.05) is 19.4 Å². The van der Waals surface area contributed by atoms with Crippen LogP contribution >= 0.6 is 0 Å². The number of likely N-dealkylation sites (tertiary alicyclic amines) is 1. The molecule has 2 aromatic rings. The van der Waals surface area contributed by atoms with E-state index in [4.69, 9.17) is 0 Å². The molecule has 2 aromatic heterocycles. The van der Waals surface area contributed by atoms with Crippen molar-refractivity contribution in [2.24, 2.45) is 7.05 Å². The van der Waals surface area contributed by atoms with Crippen molar-refractivity contribution in [2.75, 3.05) is 13.1 Å². The lowest BCUT2D eigenvalue weighted by molar-refractivity contribution is 0.193. The summed E-state index contributed by atoms with van der Waals surface area (Å²) in [6.07, 6.45) is 5.99. The van der Waals surface area contributed by atoms with E-state index in [0.717, 1.165) is 31.8 Å². The summed E-state index contributed by atoms with van der Waals surface area (Å²) < 4.78 is 2.06. The van der Waals surface area contributed by atoms with E-state index in [0.29, 0.717) is 18.2 Å². The fraction of sp³-hybridized carbons (Fsp3) is 0.500. The molecule has 1 atom stereocenters. The summed E-state index contributed by atoms with van der Waals surface area (Å²) in [6.45, 7) is 2.44. The average Bonchev–Trinajstić information content (AvgIpc) is 2.84. The molecular weight excluding hydrogens is 270 g/mol. The summed E-state index contributed by atoms with van der Waals surface area (Å²) in [7, 11) is 2.01. The molecule has 21 heavy (non-hydrogen) atoms. The second kappa shape index (κ2) is 5.69. The van der Waals surface area contributed by atoms with E-state index in [1.54, 1.807) is 0 Å².